The first-order chi connectivity index (χ1) is 10.2. The van der Waals surface area contributed by atoms with Gasteiger partial charge in [0.15, 0.2) is 0 Å². The van der Waals surface area contributed by atoms with E-state index in [-0.39, 0.29) is 13.2 Å². The molecule has 0 saturated heterocycles. The Morgan fingerprint density at radius 2 is 1.76 bits per heavy atom. The van der Waals surface area contributed by atoms with Gasteiger partial charge < -0.3 is 14.6 Å². The van der Waals surface area contributed by atoms with Crippen LogP contribution >= 0.6 is 0 Å². The van der Waals surface area contributed by atoms with Gasteiger partial charge in [0.05, 0.1) is 18.9 Å². The first-order valence-corrected chi connectivity index (χ1v) is 7.12. The Labute approximate surface area is 124 Å². The molecule has 0 aliphatic rings. The average Bonchev–Trinajstić information content (AvgIpc) is 2.81. The van der Waals surface area contributed by atoms with E-state index in [1.54, 1.807) is 0 Å². The minimum atomic E-state index is 0.0571. The molecular weight excluding hydrogens is 268 g/mol. The number of aryl methyl sites for hydroxylation is 2. The van der Waals surface area contributed by atoms with E-state index in [0.29, 0.717) is 25.5 Å². The summed E-state index contributed by atoms with van der Waals surface area (Å²) in [5, 5.41) is 18.1. The van der Waals surface area contributed by atoms with E-state index in [1.165, 1.54) is 0 Å². The zero-order valence-corrected chi connectivity index (χ0v) is 12.5. The van der Waals surface area contributed by atoms with Gasteiger partial charge in [-0.05, 0) is 25.5 Å². The lowest BCUT2D eigenvalue weighted by Gasteiger charge is -2.18. The van der Waals surface area contributed by atoms with Gasteiger partial charge in [0.25, 0.3) is 0 Å². The maximum atomic E-state index is 9.06. The second-order valence-corrected chi connectivity index (χ2v) is 5.06. The van der Waals surface area contributed by atoms with Crippen LogP contribution in [0.3, 0.4) is 0 Å². The van der Waals surface area contributed by atoms with Crippen LogP contribution in [-0.2, 0) is 6.54 Å². The van der Waals surface area contributed by atoms with Crippen molar-refractivity contribution in [1.82, 2.24) is 9.88 Å². The number of rotatable bonds is 7. The molecule has 5 nitrogen and oxygen atoms in total. The number of hydrogen-bond acceptors (Lipinski definition) is 5. The fourth-order valence-corrected chi connectivity index (χ4v) is 2.27. The van der Waals surface area contributed by atoms with Gasteiger partial charge >= 0.3 is 0 Å². The van der Waals surface area contributed by atoms with Gasteiger partial charge in [0.2, 0.25) is 5.89 Å². The van der Waals surface area contributed by atoms with Crippen molar-refractivity contribution in [3.8, 4) is 11.5 Å². The van der Waals surface area contributed by atoms with Crippen molar-refractivity contribution in [2.24, 2.45) is 0 Å². The molecule has 5 heteroatoms. The van der Waals surface area contributed by atoms with Gasteiger partial charge in [0.1, 0.15) is 5.76 Å². The van der Waals surface area contributed by atoms with Crippen molar-refractivity contribution in [3.05, 3.63) is 41.3 Å². The van der Waals surface area contributed by atoms with Crippen molar-refractivity contribution in [1.29, 1.82) is 0 Å². The molecule has 1 aromatic carbocycles. The summed E-state index contributed by atoms with van der Waals surface area (Å²) in [7, 11) is 0. The van der Waals surface area contributed by atoms with Gasteiger partial charge in [-0.15, -0.1) is 0 Å². The standard InChI is InChI=1S/C16H22N2O3/c1-12-5-3-4-6-14(12)16-17-15(13(2)21-16)11-18(7-9-19)8-10-20/h3-6,19-20H,7-11H2,1-2H3. The van der Waals surface area contributed by atoms with Crippen LogP contribution in [0.5, 0.6) is 0 Å². The third kappa shape index (κ3) is 3.91. The first kappa shape index (κ1) is 15.7. The summed E-state index contributed by atoms with van der Waals surface area (Å²) >= 11 is 0. The summed E-state index contributed by atoms with van der Waals surface area (Å²) in [5.41, 5.74) is 2.95. The van der Waals surface area contributed by atoms with E-state index in [9.17, 15) is 0 Å². The SMILES string of the molecule is Cc1ccccc1-c1nc(CN(CCO)CCO)c(C)o1. The zero-order chi connectivity index (χ0) is 15.2. The molecule has 0 atom stereocenters. The molecule has 2 rings (SSSR count). The molecule has 0 radical (unpaired) electrons. The number of aliphatic hydroxyl groups excluding tert-OH is 2. The van der Waals surface area contributed by atoms with Crippen LogP contribution in [0, 0.1) is 13.8 Å². The molecule has 0 fully saturated rings. The lowest BCUT2D eigenvalue weighted by atomic mass is 10.1. The second kappa shape index (κ2) is 7.36. The Hall–Kier alpha value is -1.69. The molecule has 1 aromatic heterocycles. The monoisotopic (exact) mass is 290 g/mol. The molecular formula is C16H22N2O3. The third-order valence-corrected chi connectivity index (χ3v) is 3.47. The lowest BCUT2D eigenvalue weighted by molar-refractivity contribution is 0.154. The minimum Gasteiger partial charge on any atom is -0.441 e. The quantitative estimate of drug-likeness (QED) is 0.813. The summed E-state index contributed by atoms with van der Waals surface area (Å²) in [4.78, 5) is 6.52. The Balaban J connectivity index is 2.21. The summed E-state index contributed by atoms with van der Waals surface area (Å²) in [6, 6.07) is 7.97. The van der Waals surface area contributed by atoms with Crippen LogP contribution in [0.15, 0.2) is 28.7 Å². The molecule has 2 N–H and O–H groups in total. The molecule has 0 aliphatic carbocycles. The molecule has 2 aromatic rings. The Bertz CT molecular complexity index is 575. The van der Waals surface area contributed by atoms with Crippen LogP contribution in [0.2, 0.25) is 0 Å². The van der Waals surface area contributed by atoms with Crippen molar-refractivity contribution < 1.29 is 14.6 Å². The molecule has 0 aliphatic heterocycles. The highest BCUT2D eigenvalue weighted by atomic mass is 16.4. The van der Waals surface area contributed by atoms with Crippen molar-refractivity contribution >= 4 is 0 Å². The van der Waals surface area contributed by atoms with Crippen LogP contribution in [0.1, 0.15) is 17.0 Å². The third-order valence-electron chi connectivity index (χ3n) is 3.47. The first-order valence-electron chi connectivity index (χ1n) is 7.12. The summed E-state index contributed by atoms with van der Waals surface area (Å²) in [6.45, 7) is 5.60. The van der Waals surface area contributed by atoms with Crippen LogP contribution in [0.25, 0.3) is 11.5 Å². The van der Waals surface area contributed by atoms with Gasteiger partial charge in [-0.1, -0.05) is 18.2 Å². The van der Waals surface area contributed by atoms with Gasteiger partial charge in [-0.2, -0.15) is 0 Å². The van der Waals surface area contributed by atoms with Crippen molar-refractivity contribution in [3.63, 3.8) is 0 Å². The van der Waals surface area contributed by atoms with Crippen LogP contribution < -0.4 is 0 Å². The maximum Gasteiger partial charge on any atom is 0.226 e. The number of benzene rings is 1. The van der Waals surface area contributed by atoms with E-state index >= 15 is 0 Å². The lowest BCUT2D eigenvalue weighted by Crippen LogP contribution is -2.29. The van der Waals surface area contributed by atoms with E-state index < -0.39 is 0 Å². The highest BCUT2D eigenvalue weighted by Gasteiger charge is 2.15. The number of aromatic nitrogens is 1. The Morgan fingerprint density at radius 3 is 2.38 bits per heavy atom. The maximum absolute atomic E-state index is 9.06. The molecule has 0 saturated carbocycles. The molecule has 114 valence electrons. The summed E-state index contributed by atoms with van der Waals surface area (Å²) in [6.07, 6.45) is 0. The normalized spacial score (nSPS) is 11.3. The molecule has 1 heterocycles. The molecule has 0 unspecified atom stereocenters. The van der Waals surface area contributed by atoms with E-state index in [2.05, 4.69) is 4.98 Å². The van der Waals surface area contributed by atoms with Crippen molar-refractivity contribution in [2.45, 2.75) is 20.4 Å². The molecule has 0 spiro atoms. The van der Waals surface area contributed by atoms with Gasteiger partial charge in [-0.25, -0.2) is 4.98 Å². The van der Waals surface area contributed by atoms with Gasteiger partial charge in [0, 0.05) is 25.2 Å². The predicted octanol–water partition coefficient (Wildman–Crippen LogP) is 1.75. The van der Waals surface area contributed by atoms with Crippen molar-refractivity contribution in [2.75, 3.05) is 26.3 Å². The highest BCUT2D eigenvalue weighted by Crippen LogP contribution is 2.25. The van der Waals surface area contributed by atoms with E-state index in [1.807, 2.05) is 43.0 Å². The van der Waals surface area contributed by atoms with E-state index in [0.717, 1.165) is 22.6 Å². The topological polar surface area (TPSA) is 69.7 Å². The molecule has 21 heavy (non-hydrogen) atoms. The number of hydrogen-bond donors (Lipinski definition) is 2. The fourth-order valence-electron chi connectivity index (χ4n) is 2.27. The fraction of sp³-hybridized carbons (Fsp3) is 0.438. The Kier molecular flexibility index (Phi) is 5.50. The summed E-state index contributed by atoms with van der Waals surface area (Å²) in [5.74, 6) is 1.39. The van der Waals surface area contributed by atoms with Gasteiger partial charge in [-0.3, -0.25) is 4.90 Å². The number of oxazole rings is 1. The number of nitrogens with zero attached hydrogens (tertiary/aromatic N) is 2. The molecule has 0 amide bonds. The zero-order valence-electron chi connectivity index (χ0n) is 12.5. The highest BCUT2D eigenvalue weighted by molar-refractivity contribution is 5.58. The Morgan fingerprint density at radius 1 is 1.10 bits per heavy atom. The predicted molar refractivity (Wildman–Crippen MR) is 80.9 cm³/mol. The van der Waals surface area contributed by atoms with E-state index in [4.69, 9.17) is 14.6 Å². The summed E-state index contributed by atoms with van der Waals surface area (Å²) < 4.78 is 5.78. The second-order valence-electron chi connectivity index (χ2n) is 5.06. The minimum absolute atomic E-state index is 0.0571. The van der Waals surface area contributed by atoms with Crippen LogP contribution in [0.4, 0.5) is 0 Å². The van der Waals surface area contributed by atoms with Crippen LogP contribution in [-0.4, -0.2) is 46.4 Å². The number of aliphatic hydroxyl groups is 2. The smallest absolute Gasteiger partial charge is 0.226 e. The largest absolute Gasteiger partial charge is 0.441 e. The average molecular weight is 290 g/mol. The molecule has 0 bridgehead atoms.